The van der Waals surface area contributed by atoms with Gasteiger partial charge < -0.3 is 9.64 Å². The van der Waals surface area contributed by atoms with Gasteiger partial charge in [-0.25, -0.2) is 0 Å². The molecular formula is C10H20N2O. The van der Waals surface area contributed by atoms with Gasteiger partial charge in [-0.2, -0.15) is 0 Å². The molecule has 0 aromatic heterocycles. The highest BCUT2D eigenvalue weighted by Gasteiger charge is 2.56. The number of hydrogen-bond donors (Lipinski definition) is 0. The van der Waals surface area contributed by atoms with Crippen LogP contribution in [0.15, 0.2) is 0 Å². The number of likely N-dealkylation sites (N-methyl/N-ethyl adjacent to an activating group) is 2. The predicted molar refractivity (Wildman–Crippen MR) is 52.9 cm³/mol. The van der Waals surface area contributed by atoms with Crippen molar-refractivity contribution in [3.63, 3.8) is 0 Å². The molecule has 0 aliphatic carbocycles. The van der Waals surface area contributed by atoms with Crippen LogP contribution >= 0.6 is 0 Å². The molecule has 3 nitrogen and oxygen atoms in total. The Balaban J connectivity index is 2.31. The molecule has 0 saturated carbocycles. The third-order valence-electron chi connectivity index (χ3n) is 3.98. The number of hydrogen-bond acceptors (Lipinski definition) is 3. The molecule has 2 saturated heterocycles. The van der Waals surface area contributed by atoms with Crippen molar-refractivity contribution in [3.8, 4) is 0 Å². The van der Waals surface area contributed by atoms with E-state index in [1.165, 1.54) is 0 Å². The normalized spacial score (nSPS) is 48.0. The Kier molecular flexibility index (Phi) is 1.95. The van der Waals surface area contributed by atoms with Crippen LogP contribution in [-0.4, -0.2) is 61.3 Å². The summed E-state index contributed by atoms with van der Waals surface area (Å²) in [4.78, 5) is 4.81. The standard InChI is InChI=1S/C10H20N2O/c1-9-7-11(3)8-10(9,2)13-6-5-12(9)4/h5-8H2,1-4H3/t9-,10+/m1/s1. The first-order valence-electron chi connectivity index (χ1n) is 5.02. The van der Waals surface area contributed by atoms with Gasteiger partial charge in [-0.05, 0) is 27.9 Å². The van der Waals surface area contributed by atoms with Crippen LogP contribution in [0.3, 0.4) is 0 Å². The van der Waals surface area contributed by atoms with Gasteiger partial charge in [0.05, 0.1) is 17.7 Å². The Labute approximate surface area is 80.6 Å². The highest BCUT2D eigenvalue weighted by Crippen LogP contribution is 2.40. The predicted octanol–water partition coefficient (Wildman–Crippen LogP) is 0.411. The average molecular weight is 184 g/mol. The summed E-state index contributed by atoms with van der Waals surface area (Å²) in [7, 11) is 4.38. The fraction of sp³-hybridized carbons (Fsp3) is 1.00. The van der Waals surface area contributed by atoms with Crippen LogP contribution in [-0.2, 0) is 4.74 Å². The van der Waals surface area contributed by atoms with E-state index in [1.807, 2.05) is 0 Å². The van der Waals surface area contributed by atoms with E-state index in [-0.39, 0.29) is 11.1 Å². The Morgan fingerprint density at radius 1 is 1.15 bits per heavy atom. The van der Waals surface area contributed by atoms with Gasteiger partial charge in [-0.1, -0.05) is 0 Å². The minimum Gasteiger partial charge on any atom is -0.371 e. The molecule has 0 amide bonds. The number of ether oxygens (including phenoxy) is 1. The van der Waals surface area contributed by atoms with Gasteiger partial charge in [-0.3, -0.25) is 4.90 Å². The number of fused-ring (bicyclic) bond motifs is 1. The third kappa shape index (κ3) is 1.14. The second-order valence-corrected chi connectivity index (χ2v) is 4.95. The molecule has 2 aliphatic heterocycles. The molecule has 0 N–H and O–H groups in total. The van der Waals surface area contributed by atoms with Crippen molar-refractivity contribution in [1.82, 2.24) is 9.80 Å². The second kappa shape index (κ2) is 2.69. The van der Waals surface area contributed by atoms with Gasteiger partial charge >= 0.3 is 0 Å². The number of likely N-dealkylation sites (tertiary alicyclic amines) is 1. The smallest absolute Gasteiger partial charge is 0.0973 e. The maximum absolute atomic E-state index is 5.95. The lowest BCUT2D eigenvalue weighted by Gasteiger charge is -2.50. The van der Waals surface area contributed by atoms with Gasteiger partial charge in [0, 0.05) is 19.6 Å². The lowest BCUT2D eigenvalue weighted by atomic mass is 9.83. The molecule has 2 heterocycles. The SMILES string of the molecule is CN1C[C@@]2(C)N(C)CCO[C@@]2(C)C1. The van der Waals surface area contributed by atoms with E-state index in [4.69, 9.17) is 4.74 Å². The molecular weight excluding hydrogens is 164 g/mol. The van der Waals surface area contributed by atoms with Crippen molar-refractivity contribution in [2.45, 2.75) is 25.0 Å². The van der Waals surface area contributed by atoms with Crippen molar-refractivity contribution in [3.05, 3.63) is 0 Å². The van der Waals surface area contributed by atoms with E-state index >= 15 is 0 Å². The molecule has 13 heavy (non-hydrogen) atoms. The maximum atomic E-state index is 5.95. The molecule has 0 aromatic carbocycles. The lowest BCUT2D eigenvalue weighted by Crippen LogP contribution is -2.65. The first kappa shape index (κ1) is 9.44. The first-order valence-corrected chi connectivity index (χ1v) is 5.02. The second-order valence-electron chi connectivity index (χ2n) is 4.95. The van der Waals surface area contributed by atoms with Crippen molar-refractivity contribution >= 4 is 0 Å². The Morgan fingerprint density at radius 3 is 2.46 bits per heavy atom. The van der Waals surface area contributed by atoms with Crippen molar-refractivity contribution in [1.29, 1.82) is 0 Å². The Morgan fingerprint density at radius 2 is 1.85 bits per heavy atom. The summed E-state index contributed by atoms with van der Waals surface area (Å²) in [5.74, 6) is 0. The molecule has 2 rings (SSSR count). The number of rotatable bonds is 0. The molecule has 2 fully saturated rings. The van der Waals surface area contributed by atoms with Crippen LogP contribution in [0, 0.1) is 0 Å². The highest BCUT2D eigenvalue weighted by atomic mass is 16.5. The van der Waals surface area contributed by atoms with Crippen molar-refractivity contribution in [2.75, 3.05) is 40.3 Å². The molecule has 0 unspecified atom stereocenters. The van der Waals surface area contributed by atoms with E-state index in [1.54, 1.807) is 0 Å². The summed E-state index contributed by atoms with van der Waals surface area (Å²) in [5, 5.41) is 0. The molecule has 0 aromatic rings. The summed E-state index contributed by atoms with van der Waals surface area (Å²) < 4.78 is 5.95. The van der Waals surface area contributed by atoms with Crippen molar-refractivity contribution < 1.29 is 4.74 Å². The van der Waals surface area contributed by atoms with Gasteiger partial charge in [0.2, 0.25) is 0 Å². The molecule has 2 aliphatic rings. The van der Waals surface area contributed by atoms with E-state index in [2.05, 4.69) is 37.7 Å². The van der Waals surface area contributed by atoms with Crippen LogP contribution in [0.25, 0.3) is 0 Å². The Hall–Kier alpha value is -0.120. The zero-order valence-corrected chi connectivity index (χ0v) is 9.13. The molecule has 0 radical (unpaired) electrons. The monoisotopic (exact) mass is 184 g/mol. The molecule has 0 bridgehead atoms. The summed E-state index contributed by atoms with van der Waals surface area (Å²) in [6.07, 6.45) is 0. The summed E-state index contributed by atoms with van der Waals surface area (Å²) >= 11 is 0. The minimum atomic E-state index is 0.0226. The van der Waals surface area contributed by atoms with E-state index in [0.717, 1.165) is 26.2 Å². The van der Waals surface area contributed by atoms with E-state index in [9.17, 15) is 0 Å². The highest BCUT2D eigenvalue weighted by molar-refractivity contribution is 5.12. The van der Waals surface area contributed by atoms with Crippen LogP contribution in [0.4, 0.5) is 0 Å². The quantitative estimate of drug-likeness (QED) is 0.542. The van der Waals surface area contributed by atoms with Gasteiger partial charge in [0.15, 0.2) is 0 Å². The zero-order valence-electron chi connectivity index (χ0n) is 9.13. The van der Waals surface area contributed by atoms with Crippen LogP contribution in [0.2, 0.25) is 0 Å². The largest absolute Gasteiger partial charge is 0.371 e. The topological polar surface area (TPSA) is 15.7 Å². The van der Waals surface area contributed by atoms with E-state index in [0.29, 0.717) is 0 Å². The fourth-order valence-electron chi connectivity index (χ4n) is 2.81. The number of morpholine rings is 1. The summed E-state index contributed by atoms with van der Waals surface area (Å²) in [6.45, 7) is 8.64. The van der Waals surface area contributed by atoms with Gasteiger partial charge in [0.1, 0.15) is 0 Å². The molecule has 2 atom stereocenters. The van der Waals surface area contributed by atoms with Gasteiger partial charge in [-0.15, -0.1) is 0 Å². The summed E-state index contributed by atoms with van der Waals surface area (Å²) in [6, 6.07) is 0. The van der Waals surface area contributed by atoms with Crippen LogP contribution in [0.1, 0.15) is 13.8 Å². The fourth-order valence-corrected chi connectivity index (χ4v) is 2.81. The van der Waals surface area contributed by atoms with Gasteiger partial charge in [0.25, 0.3) is 0 Å². The average Bonchev–Trinajstić information content (AvgIpc) is 2.23. The van der Waals surface area contributed by atoms with Crippen LogP contribution in [0.5, 0.6) is 0 Å². The summed E-state index contributed by atoms with van der Waals surface area (Å²) in [5.41, 5.74) is 0.217. The minimum absolute atomic E-state index is 0.0226. The molecule has 3 heteroatoms. The van der Waals surface area contributed by atoms with Crippen LogP contribution < -0.4 is 0 Å². The molecule has 76 valence electrons. The Bertz CT molecular complexity index is 221. The molecule has 0 spiro atoms. The first-order chi connectivity index (χ1) is 5.98. The van der Waals surface area contributed by atoms with Crippen molar-refractivity contribution in [2.24, 2.45) is 0 Å². The maximum Gasteiger partial charge on any atom is 0.0973 e. The number of nitrogens with zero attached hydrogens (tertiary/aromatic N) is 2. The van der Waals surface area contributed by atoms with E-state index < -0.39 is 0 Å². The lowest BCUT2D eigenvalue weighted by molar-refractivity contribution is -0.148. The zero-order chi connectivity index (χ0) is 9.69. The third-order valence-corrected chi connectivity index (χ3v) is 3.98.